The largest absolute Gasteiger partial charge is 0.463 e. The zero-order chi connectivity index (χ0) is 24.1. The number of nitrogens with one attached hydrogen (secondary N) is 1. The van der Waals surface area contributed by atoms with Crippen molar-refractivity contribution in [2.45, 2.75) is 53.1 Å². The van der Waals surface area contributed by atoms with E-state index in [-0.39, 0.29) is 30.8 Å². The Labute approximate surface area is 193 Å². The molecule has 0 saturated carbocycles. The van der Waals surface area contributed by atoms with Gasteiger partial charge in [0.25, 0.3) is 0 Å². The average molecular weight is 455 g/mol. The molecule has 176 valence electrons. The van der Waals surface area contributed by atoms with E-state index in [1.165, 1.54) is 0 Å². The number of aliphatic hydroxyl groups is 1. The molecule has 0 radical (unpaired) electrons. The van der Waals surface area contributed by atoms with Crippen molar-refractivity contribution in [3.05, 3.63) is 75.5 Å². The Bertz CT molecular complexity index is 1040. The highest BCUT2D eigenvalue weighted by Crippen LogP contribution is 2.42. The van der Waals surface area contributed by atoms with Crippen molar-refractivity contribution >= 4 is 11.9 Å². The number of aryl methyl sites for hydroxylation is 1. The minimum Gasteiger partial charge on any atom is -0.463 e. The van der Waals surface area contributed by atoms with E-state index >= 15 is 0 Å². The van der Waals surface area contributed by atoms with Crippen LogP contribution in [0.4, 0.5) is 0 Å². The Hall–Kier alpha value is -3.39. The van der Waals surface area contributed by atoms with Gasteiger partial charge in [-0.15, -0.1) is 0 Å². The summed E-state index contributed by atoms with van der Waals surface area (Å²) in [6.45, 7) is 9.06. The van der Waals surface area contributed by atoms with E-state index in [0.717, 1.165) is 5.56 Å². The molecule has 0 bridgehead atoms. The van der Waals surface area contributed by atoms with Gasteiger partial charge in [-0.05, 0) is 40.2 Å². The van der Waals surface area contributed by atoms with Crippen LogP contribution in [0.3, 0.4) is 0 Å². The zero-order valence-electron chi connectivity index (χ0n) is 19.6. The first kappa shape index (κ1) is 24.3. The standard InChI is InChI=1S/C25H30N2O6/c1-6-31-24(29)21-14(3)26-15(4)22(25(30)32-7-2)23(21)20-16(5)27-33-19(20)13-18(28)17-11-9-8-10-12-17/h8-12,18,23,26,28H,6-7,13H2,1-5H3. The summed E-state index contributed by atoms with van der Waals surface area (Å²) in [5, 5.41) is 18.0. The number of hydrogen-bond acceptors (Lipinski definition) is 8. The zero-order valence-corrected chi connectivity index (χ0v) is 19.6. The summed E-state index contributed by atoms with van der Waals surface area (Å²) in [5.74, 6) is -1.51. The SMILES string of the molecule is CCOC(=O)C1=C(C)NC(C)=C(C(=O)OCC)C1c1c(C)noc1CC(O)c1ccccc1. The van der Waals surface area contributed by atoms with Gasteiger partial charge in [-0.2, -0.15) is 0 Å². The highest BCUT2D eigenvalue weighted by atomic mass is 16.5. The first-order valence-corrected chi connectivity index (χ1v) is 11.0. The van der Waals surface area contributed by atoms with Crippen LogP contribution in [0, 0.1) is 6.92 Å². The van der Waals surface area contributed by atoms with Crippen LogP contribution in [-0.4, -0.2) is 35.4 Å². The number of carbonyl (C=O) groups is 2. The molecule has 33 heavy (non-hydrogen) atoms. The molecule has 2 heterocycles. The van der Waals surface area contributed by atoms with E-state index in [2.05, 4.69) is 10.5 Å². The molecular formula is C25H30N2O6. The third-order valence-corrected chi connectivity index (χ3v) is 5.59. The molecule has 1 aromatic carbocycles. The van der Waals surface area contributed by atoms with Gasteiger partial charge in [0.1, 0.15) is 5.76 Å². The molecule has 0 spiro atoms. The second-order valence-corrected chi connectivity index (χ2v) is 7.81. The van der Waals surface area contributed by atoms with E-state index in [0.29, 0.717) is 28.4 Å². The number of dihydropyridines is 1. The molecule has 2 N–H and O–H groups in total. The summed E-state index contributed by atoms with van der Waals surface area (Å²) >= 11 is 0. The second-order valence-electron chi connectivity index (χ2n) is 7.81. The van der Waals surface area contributed by atoms with E-state index in [4.69, 9.17) is 14.0 Å². The quantitative estimate of drug-likeness (QED) is 0.582. The van der Waals surface area contributed by atoms with E-state index in [9.17, 15) is 14.7 Å². The Kier molecular flexibility index (Phi) is 7.71. The maximum atomic E-state index is 13.0. The minimum absolute atomic E-state index is 0.119. The number of esters is 2. The molecule has 0 aliphatic carbocycles. The van der Waals surface area contributed by atoms with Gasteiger partial charge in [0.05, 0.1) is 42.1 Å². The number of hydrogen-bond donors (Lipinski definition) is 2. The van der Waals surface area contributed by atoms with Crippen LogP contribution < -0.4 is 5.32 Å². The van der Waals surface area contributed by atoms with Gasteiger partial charge in [0.15, 0.2) is 0 Å². The van der Waals surface area contributed by atoms with Crippen LogP contribution >= 0.6 is 0 Å². The van der Waals surface area contributed by atoms with Crippen LogP contribution in [-0.2, 0) is 25.5 Å². The number of aliphatic hydroxyl groups excluding tert-OH is 1. The van der Waals surface area contributed by atoms with Gasteiger partial charge in [-0.25, -0.2) is 9.59 Å². The highest BCUT2D eigenvalue weighted by molar-refractivity contribution is 6.00. The minimum atomic E-state index is -0.855. The van der Waals surface area contributed by atoms with Crippen LogP contribution in [0.25, 0.3) is 0 Å². The molecule has 2 aromatic rings. The number of aromatic nitrogens is 1. The lowest BCUT2D eigenvalue weighted by Crippen LogP contribution is -2.33. The summed E-state index contributed by atoms with van der Waals surface area (Å²) in [4.78, 5) is 26.0. The van der Waals surface area contributed by atoms with Gasteiger partial charge in [-0.1, -0.05) is 35.5 Å². The lowest BCUT2D eigenvalue weighted by Gasteiger charge is -2.30. The molecule has 1 aliphatic rings. The van der Waals surface area contributed by atoms with Gasteiger partial charge < -0.3 is 24.4 Å². The Morgan fingerprint density at radius 1 is 1.03 bits per heavy atom. The third kappa shape index (κ3) is 5.01. The van der Waals surface area contributed by atoms with Crippen molar-refractivity contribution in [1.29, 1.82) is 0 Å². The van der Waals surface area contributed by atoms with Gasteiger partial charge in [-0.3, -0.25) is 0 Å². The molecule has 0 saturated heterocycles. The van der Waals surface area contributed by atoms with Crippen molar-refractivity contribution in [2.24, 2.45) is 0 Å². The average Bonchev–Trinajstić information content (AvgIpc) is 3.13. The molecule has 0 amide bonds. The fourth-order valence-electron chi connectivity index (χ4n) is 4.15. The third-order valence-electron chi connectivity index (χ3n) is 5.59. The topological polar surface area (TPSA) is 111 Å². The van der Waals surface area contributed by atoms with Crippen LogP contribution in [0.2, 0.25) is 0 Å². The van der Waals surface area contributed by atoms with Crippen LogP contribution in [0.1, 0.15) is 62.3 Å². The lowest BCUT2D eigenvalue weighted by molar-refractivity contribution is -0.139. The molecule has 8 nitrogen and oxygen atoms in total. The number of ether oxygens (including phenoxy) is 2. The maximum absolute atomic E-state index is 13.0. The van der Waals surface area contributed by atoms with Crippen molar-refractivity contribution in [2.75, 3.05) is 13.2 Å². The fourth-order valence-corrected chi connectivity index (χ4v) is 4.15. The smallest absolute Gasteiger partial charge is 0.336 e. The van der Waals surface area contributed by atoms with E-state index < -0.39 is 24.0 Å². The number of benzene rings is 1. The molecule has 1 unspecified atom stereocenters. The second kappa shape index (κ2) is 10.5. The predicted octanol–water partition coefficient (Wildman–Crippen LogP) is 3.62. The number of allylic oxidation sites excluding steroid dienone is 2. The molecule has 0 fully saturated rings. The highest BCUT2D eigenvalue weighted by Gasteiger charge is 2.41. The summed E-state index contributed by atoms with van der Waals surface area (Å²) in [5.41, 5.74) is 3.49. The number of nitrogens with zero attached hydrogens (tertiary/aromatic N) is 1. The molecule has 1 aromatic heterocycles. The van der Waals surface area contributed by atoms with Crippen molar-refractivity contribution in [1.82, 2.24) is 10.5 Å². The number of carbonyl (C=O) groups excluding carboxylic acids is 2. The summed E-state index contributed by atoms with van der Waals surface area (Å²) in [7, 11) is 0. The van der Waals surface area contributed by atoms with Gasteiger partial charge in [0, 0.05) is 23.4 Å². The van der Waals surface area contributed by atoms with Gasteiger partial charge >= 0.3 is 11.9 Å². The Morgan fingerprint density at radius 2 is 1.58 bits per heavy atom. The van der Waals surface area contributed by atoms with Crippen LogP contribution in [0.5, 0.6) is 0 Å². The first-order valence-electron chi connectivity index (χ1n) is 11.0. The predicted molar refractivity (Wildman–Crippen MR) is 121 cm³/mol. The fraction of sp³-hybridized carbons (Fsp3) is 0.400. The first-order chi connectivity index (χ1) is 15.8. The summed E-state index contributed by atoms with van der Waals surface area (Å²) in [6.07, 6.45) is -0.736. The monoisotopic (exact) mass is 454 g/mol. The Balaban J connectivity index is 2.14. The molecule has 3 rings (SSSR count). The lowest BCUT2D eigenvalue weighted by atomic mass is 9.79. The van der Waals surface area contributed by atoms with Gasteiger partial charge in [0.2, 0.25) is 0 Å². The van der Waals surface area contributed by atoms with E-state index in [1.54, 1.807) is 34.6 Å². The normalized spacial score (nSPS) is 15.3. The number of rotatable bonds is 8. The molecular weight excluding hydrogens is 424 g/mol. The molecule has 1 aliphatic heterocycles. The Morgan fingerprint density at radius 3 is 2.09 bits per heavy atom. The summed E-state index contributed by atoms with van der Waals surface area (Å²) < 4.78 is 16.3. The molecule has 8 heteroatoms. The van der Waals surface area contributed by atoms with Crippen molar-refractivity contribution in [3.63, 3.8) is 0 Å². The van der Waals surface area contributed by atoms with Crippen molar-refractivity contribution < 1.29 is 28.7 Å². The maximum Gasteiger partial charge on any atom is 0.336 e. The van der Waals surface area contributed by atoms with E-state index in [1.807, 2.05) is 30.3 Å². The van der Waals surface area contributed by atoms with Crippen molar-refractivity contribution in [3.8, 4) is 0 Å². The molecule has 1 atom stereocenters. The summed E-state index contributed by atoms with van der Waals surface area (Å²) in [6, 6.07) is 9.19. The van der Waals surface area contributed by atoms with Crippen LogP contribution in [0.15, 0.2) is 57.4 Å².